The average Bonchev–Trinajstić information content (AvgIpc) is 2.31. The Kier molecular flexibility index (Phi) is 7.71. The van der Waals surface area contributed by atoms with Gasteiger partial charge in [-0.25, -0.2) is 0 Å². The van der Waals surface area contributed by atoms with Crippen LogP contribution in [0.25, 0.3) is 0 Å². The Labute approximate surface area is 108 Å². The normalized spacial score (nSPS) is 9.72. The second-order valence-electron chi connectivity index (χ2n) is 4.21. The molecule has 0 aromatic carbocycles. The minimum Gasteiger partial charge on any atom is -0.361 e. The quantitative estimate of drug-likeness (QED) is 0.400. The van der Waals surface area contributed by atoms with Crippen molar-refractivity contribution in [3.63, 3.8) is 0 Å². The monoisotopic (exact) mass is 254 g/mol. The van der Waals surface area contributed by atoms with Crippen molar-refractivity contribution in [2.75, 3.05) is 26.9 Å². The molecule has 0 heterocycles. The van der Waals surface area contributed by atoms with E-state index >= 15 is 0 Å². The minimum atomic E-state index is -0.149. The molecule has 5 heteroatoms. The van der Waals surface area contributed by atoms with Crippen LogP contribution in [0.1, 0.15) is 20.3 Å². The third kappa shape index (κ3) is 6.85. The standard InChI is InChI=1S/C13H22N2O3/c1-10(2)12(16)14-7-6-8-18-9-15(5)13(17)11(3)4/h1,3,6-9H2,2,4-5H3,(H,14,16). The zero-order valence-electron chi connectivity index (χ0n) is 11.4. The molecule has 102 valence electrons. The van der Waals surface area contributed by atoms with Crippen molar-refractivity contribution in [2.45, 2.75) is 20.3 Å². The van der Waals surface area contributed by atoms with Gasteiger partial charge in [-0.1, -0.05) is 13.2 Å². The topological polar surface area (TPSA) is 58.6 Å². The van der Waals surface area contributed by atoms with Gasteiger partial charge < -0.3 is 15.0 Å². The number of rotatable bonds is 8. The van der Waals surface area contributed by atoms with Gasteiger partial charge in [0.05, 0.1) is 6.61 Å². The van der Waals surface area contributed by atoms with Crippen LogP contribution in [-0.2, 0) is 14.3 Å². The van der Waals surface area contributed by atoms with E-state index in [9.17, 15) is 9.59 Å². The van der Waals surface area contributed by atoms with E-state index in [1.165, 1.54) is 4.90 Å². The van der Waals surface area contributed by atoms with Crippen LogP contribution in [0.15, 0.2) is 24.3 Å². The highest BCUT2D eigenvalue weighted by molar-refractivity contribution is 5.92. The van der Waals surface area contributed by atoms with Crippen molar-refractivity contribution in [3.8, 4) is 0 Å². The molecule has 0 aromatic heterocycles. The van der Waals surface area contributed by atoms with Gasteiger partial charge >= 0.3 is 0 Å². The van der Waals surface area contributed by atoms with Crippen molar-refractivity contribution in [3.05, 3.63) is 24.3 Å². The fourth-order valence-corrected chi connectivity index (χ4v) is 1.11. The van der Waals surface area contributed by atoms with E-state index in [0.717, 1.165) is 0 Å². The van der Waals surface area contributed by atoms with Crippen LogP contribution in [0, 0.1) is 0 Å². The highest BCUT2D eigenvalue weighted by Crippen LogP contribution is 1.96. The van der Waals surface area contributed by atoms with Gasteiger partial charge in [-0.15, -0.1) is 0 Å². The van der Waals surface area contributed by atoms with E-state index in [4.69, 9.17) is 4.74 Å². The fourth-order valence-electron chi connectivity index (χ4n) is 1.11. The fraction of sp³-hybridized carbons (Fsp3) is 0.538. The van der Waals surface area contributed by atoms with Gasteiger partial charge in [0.1, 0.15) is 6.73 Å². The third-order valence-corrected chi connectivity index (χ3v) is 2.14. The zero-order chi connectivity index (χ0) is 14.1. The lowest BCUT2D eigenvalue weighted by Gasteiger charge is -2.17. The zero-order valence-corrected chi connectivity index (χ0v) is 11.4. The van der Waals surface area contributed by atoms with Crippen molar-refractivity contribution in [2.24, 2.45) is 0 Å². The van der Waals surface area contributed by atoms with Gasteiger partial charge in [-0.3, -0.25) is 9.59 Å². The number of likely N-dealkylation sites (N-methyl/N-ethyl adjacent to an activating group) is 1. The molecule has 0 aliphatic rings. The molecule has 0 aromatic rings. The SMILES string of the molecule is C=C(C)C(=O)NCCCOCN(C)C(=O)C(=C)C. The van der Waals surface area contributed by atoms with Gasteiger partial charge in [0, 0.05) is 24.7 Å². The summed E-state index contributed by atoms with van der Waals surface area (Å²) in [4.78, 5) is 24.0. The van der Waals surface area contributed by atoms with Gasteiger partial charge in [0.15, 0.2) is 0 Å². The lowest BCUT2D eigenvalue weighted by molar-refractivity contribution is -0.130. The van der Waals surface area contributed by atoms with E-state index in [2.05, 4.69) is 18.5 Å². The molecule has 0 rings (SSSR count). The molecular formula is C13H22N2O3. The minimum absolute atomic E-state index is 0.134. The van der Waals surface area contributed by atoms with E-state index in [1.807, 2.05) is 0 Å². The summed E-state index contributed by atoms with van der Waals surface area (Å²) in [6.45, 7) is 11.6. The third-order valence-electron chi connectivity index (χ3n) is 2.14. The Morgan fingerprint density at radius 1 is 1.22 bits per heavy atom. The molecule has 0 fully saturated rings. The van der Waals surface area contributed by atoms with Crippen LogP contribution in [-0.4, -0.2) is 43.6 Å². The molecule has 2 amide bonds. The van der Waals surface area contributed by atoms with Crippen LogP contribution in [0.4, 0.5) is 0 Å². The summed E-state index contributed by atoms with van der Waals surface area (Å²) in [5, 5.41) is 2.70. The van der Waals surface area contributed by atoms with Crippen molar-refractivity contribution in [1.82, 2.24) is 10.2 Å². The first-order valence-corrected chi connectivity index (χ1v) is 5.78. The van der Waals surface area contributed by atoms with Gasteiger partial charge in [0.2, 0.25) is 11.8 Å². The van der Waals surface area contributed by atoms with Crippen LogP contribution < -0.4 is 5.32 Å². The van der Waals surface area contributed by atoms with E-state index < -0.39 is 0 Å². The average molecular weight is 254 g/mol. The molecule has 0 bridgehead atoms. The van der Waals surface area contributed by atoms with Gasteiger partial charge in [-0.05, 0) is 20.3 Å². The van der Waals surface area contributed by atoms with Gasteiger partial charge in [-0.2, -0.15) is 0 Å². The lowest BCUT2D eigenvalue weighted by Crippen LogP contribution is -2.30. The summed E-state index contributed by atoms with van der Waals surface area (Å²) in [7, 11) is 1.65. The number of nitrogens with one attached hydrogen (secondary N) is 1. The highest BCUT2D eigenvalue weighted by atomic mass is 16.5. The first-order valence-electron chi connectivity index (χ1n) is 5.78. The molecule has 0 aliphatic heterocycles. The maximum atomic E-state index is 11.4. The molecule has 0 atom stereocenters. The number of carbonyl (C=O) groups is 2. The summed E-state index contributed by atoms with van der Waals surface area (Å²) in [5.74, 6) is -0.282. The highest BCUT2D eigenvalue weighted by Gasteiger charge is 2.08. The van der Waals surface area contributed by atoms with E-state index in [0.29, 0.717) is 30.7 Å². The van der Waals surface area contributed by atoms with Crippen molar-refractivity contribution < 1.29 is 14.3 Å². The van der Waals surface area contributed by atoms with Crippen molar-refractivity contribution >= 4 is 11.8 Å². The largest absolute Gasteiger partial charge is 0.361 e. The Hall–Kier alpha value is -1.62. The summed E-state index contributed by atoms with van der Waals surface area (Å²) in [6.07, 6.45) is 0.689. The molecule has 18 heavy (non-hydrogen) atoms. The molecule has 0 saturated heterocycles. The number of hydrogen-bond donors (Lipinski definition) is 1. The molecule has 1 N–H and O–H groups in total. The maximum Gasteiger partial charge on any atom is 0.250 e. The Morgan fingerprint density at radius 3 is 2.33 bits per heavy atom. The molecule has 0 radical (unpaired) electrons. The van der Waals surface area contributed by atoms with Crippen molar-refractivity contribution in [1.29, 1.82) is 0 Å². The number of carbonyl (C=O) groups excluding carboxylic acids is 2. The Morgan fingerprint density at radius 2 is 1.83 bits per heavy atom. The molecule has 0 spiro atoms. The first-order chi connectivity index (χ1) is 8.36. The second-order valence-corrected chi connectivity index (χ2v) is 4.21. The summed E-state index contributed by atoms with van der Waals surface area (Å²) < 4.78 is 5.30. The Balaban J connectivity index is 3.57. The lowest BCUT2D eigenvalue weighted by atomic mass is 10.3. The summed E-state index contributed by atoms with van der Waals surface area (Å²) >= 11 is 0. The predicted molar refractivity (Wildman–Crippen MR) is 70.8 cm³/mol. The van der Waals surface area contributed by atoms with E-state index in [-0.39, 0.29) is 18.5 Å². The smallest absolute Gasteiger partial charge is 0.250 e. The Bertz CT molecular complexity index is 337. The maximum absolute atomic E-state index is 11.4. The summed E-state index contributed by atoms with van der Waals surface area (Å²) in [6, 6.07) is 0. The van der Waals surface area contributed by atoms with Gasteiger partial charge in [0.25, 0.3) is 0 Å². The molecule has 0 unspecified atom stereocenters. The molecule has 0 aliphatic carbocycles. The predicted octanol–water partition coefficient (Wildman–Crippen LogP) is 1.08. The molecule has 0 saturated carbocycles. The molecular weight excluding hydrogens is 232 g/mol. The van der Waals surface area contributed by atoms with Crippen LogP contribution in [0.5, 0.6) is 0 Å². The molecule has 5 nitrogen and oxygen atoms in total. The van der Waals surface area contributed by atoms with Crippen LogP contribution in [0.3, 0.4) is 0 Å². The number of ether oxygens (including phenoxy) is 1. The summed E-state index contributed by atoms with van der Waals surface area (Å²) in [5.41, 5.74) is 0.970. The first kappa shape index (κ1) is 16.4. The van der Waals surface area contributed by atoms with Crippen LogP contribution in [0.2, 0.25) is 0 Å². The second kappa shape index (κ2) is 8.47. The number of hydrogen-bond acceptors (Lipinski definition) is 3. The van der Waals surface area contributed by atoms with Crippen LogP contribution >= 0.6 is 0 Å². The number of amides is 2. The number of nitrogens with zero attached hydrogens (tertiary/aromatic N) is 1. The van der Waals surface area contributed by atoms with E-state index in [1.54, 1.807) is 20.9 Å².